The highest BCUT2D eigenvalue weighted by atomic mass is 19.1. The summed E-state index contributed by atoms with van der Waals surface area (Å²) in [7, 11) is 0. The molecule has 1 unspecified atom stereocenters. The van der Waals surface area contributed by atoms with Crippen molar-refractivity contribution in [3.63, 3.8) is 0 Å². The van der Waals surface area contributed by atoms with E-state index in [1.54, 1.807) is 13.0 Å². The van der Waals surface area contributed by atoms with E-state index in [9.17, 15) is 9.50 Å². The highest BCUT2D eigenvalue weighted by Crippen LogP contribution is 2.25. The standard InChI is InChI=1S/C13H13FN2O/c1-8-6-9(2)11(10(14)7-8)12(17)13-15-4-3-5-16-13/h3-7,12,17H,1-2H3. The van der Waals surface area contributed by atoms with Crippen LogP contribution in [0.5, 0.6) is 0 Å². The molecule has 0 saturated carbocycles. The molecule has 17 heavy (non-hydrogen) atoms. The van der Waals surface area contributed by atoms with E-state index in [0.717, 1.165) is 5.56 Å². The van der Waals surface area contributed by atoms with Crippen molar-refractivity contribution in [1.29, 1.82) is 0 Å². The monoisotopic (exact) mass is 232 g/mol. The van der Waals surface area contributed by atoms with Gasteiger partial charge in [0, 0.05) is 18.0 Å². The molecule has 0 aliphatic heterocycles. The molecule has 0 aliphatic rings. The first-order valence-electron chi connectivity index (χ1n) is 5.31. The molecule has 0 amide bonds. The predicted octanol–water partition coefficient (Wildman–Crippen LogP) is 2.31. The number of rotatable bonds is 2. The number of aliphatic hydroxyl groups excluding tert-OH is 1. The molecule has 88 valence electrons. The summed E-state index contributed by atoms with van der Waals surface area (Å²) in [5.74, 6) is -0.221. The van der Waals surface area contributed by atoms with Crippen LogP contribution >= 0.6 is 0 Å². The number of benzene rings is 1. The highest BCUT2D eigenvalue weighted by Gasteiger charge is 2.19. The fraction of sp³-hybridized carbons (Fsp3) is 0.231. The molecule has 1 aromatic heterocycles. The van der Waals surface area contributed by atoms with E-state index in [0.29, 0.717) is 5.56 Å². The molecule has 1 N–H and O–H groups in total. The maximum absolute atomic E-state index is 13.8. The molecule has 1 aromatic carbocycles. The van der Waals surface area contributed by atoms with Crippen LogP contribution in [0.1, 0.15) is 28.6 Å². The molecule has 3 nitrogen and oxygen atoms in total. The number of aliphatic hydroxyl groups is 1. The van der Waals surface area contributed by atoms with Gasteiger partial charge in [0.25, 0.3) is 0 Å². The molecule has 1 atom stereocenters. The van der Waals surface area contributed by atoms with E-state index in [-0.39, 0.29) is 11.4 Å². The van der Waals surface area contributed by atoms with E-state index in [1.807, 2.05) is 13.0 Å². The van der Waals surface area contributed by atoms with Crippen LogP contribution in [0, 0.1) is 19.7 Å². The summed E-state index contributed by atoms with van der Waals surface area (Å²) in [6, 6.07) is 4.87. The summed E-state index contributed by atoms with van der Waals surface area (Å²) in [4.78, 5) is 7.86. The maximum Gasteiger partial charge on any atom is 0.161 e. The van der Waals surface area contributed by atoms with E-state index < -0.39 is 11.9 Å². The normalized spacial score (nSPS) is 12.5. The number of aryl methyl sites for hydroxylation is 2. The molecular weight excluding hydrogens is 219 g/mol. The minimum atomic E-state index is -1.13. The Morgan fingerprint density at radius 2 is 1.82 bits per heavy atom. The van der Waals surface area contributed by atoms with Crippen LogP contribution in [0.4, 0.5) is 4.39 Å². The van der Waals surface area contributed by atoms with E-state index >= 15 is 0 Å². The molecule has 4 heteroatoms. The number of aromatic nitrogens is 2. The van der Waals surface area contributed by atoms with Crippen molar-refractivity contribution in [2.75, 3.05) is 0 Å². The van der Waals surface area contributed by atoms with Crippen LogP contribution in [0.15, 0.2) is 30.6 Å². The fourth-order valence-corrected chi connectivity index (χ4v) is 1.85. The maximum atomic E-state index is 13.8. The molecule has 0 radical (unpaired) electrons. The molecule has 1 heterocycles. The van der Waals surface area contributed by atoms with E-state index in [2.05, 4.69) is 9.97 Å². The Morgan fingerprint density at radius 1 is 1.18 bits per heavy atom. The molecule has 0 bridgehead atoms. The summed E-state index contributed by atoms with van der Waals surface area (Å²) in [6.07, 6.45) is 1.91. The number of halogens is 1. The minimum absolute atomic E-state index is 0.207. The first-order valence-corrected chi connectivity index (χ1v) is 5.31. The average molecular weight is 232 g/mol. The van der Waals surface area contributed by atoms with Gasteiger partial charge in [-0.1, -0.05) is 6.07 Å². The van der Waals surface area contributed by atoms with Crippen molar-refractivity contribution in [2.45, 2.75) is 20.0 Å². The van der Waals surface area contributed by atoms with Crippen molar-refractivity contribution in [3.8, 4) is 0 Å². The van der Waals surface area contributed by atoms with Crippen molar-refractivity contribution in [1.82, 2.24) is 9.97 Å². The van der Waals surface area contributed by atoms with Gasteiger partial charge in [-0.2, -0.15) is 0 Å². The van der Waals surface area contributed by atoms with Crippen LogP contribution in [-0.4, -0.2) is 15.1 Å². The van der Waals surface area contributed by atoms with Gasteiger partial charge in [0.1, 0.15) is 11.9 Å². The zero-order chi connectivity index (χ0) is 12.4. The smallest absolute Gasteiger partial charge is 0.161 e. The van der Waals surface area contributed by atoms with Gasteiger partial charge in [-0.05, 0) is 37.1 Å². The highest BCUT2D eigenvalue weighted by molar-refractivity contribution is 5.35. The molecule has 0 aliphatic carbocycles. The van der Waals surface area contributed by atoms with Crippen LogP contribution < -0.4 is 0 Å². The van der Waals surface area contributed by atoms with Gasteiger partial charge in [0.2, 0.25) is 0 Å². The summed E-state index contributed by atoms with van der Waals surface area (Å²) < 4.78 is 13.8. The van der Waals surface area contributed by atoms with Gasteiger partial charge >= 0.3 is 0 Å². The first-order chi connectivity index (χ1) is 8.09. The number of hydrogen-bond donors (Lipinski definition) is 1. The summed E-state index contributed by atoms with van der Waals surface area (Å²) in [5, 5.41) is 10.1. The van der Waals surface area contributed by atoms with Crippen LogP contribution in [-0.2, 0) is 0 Å². The largest absolute Gasteiger partial charge is 0.380 e. The van der Waals surface area contributed by atoms with Gasteiger partial charge in [0.15, 0.2) is 5.82 Å². The second-order valence-electron chi connectivity index (χ2n) is 3.99. The second kappa shape index (κ2) is 4.59. The summed E-state index contributed by atoms with van der Waals surface area (Å²) in [6.45, 7) is 3.57. The Bertz CT molecular complexity index is 505. The lowest BCUT2D eigenvalue weighted by Gasteiger charge is -2.14. The second-order valence-corrected chi connectivity index (χ2v) is 3.99. The topological polar surface area (TPSA) is 46.0 Å². The van der Waals surface area contributed by atoms with Crippen molar-refractivity contribution in [3.05, 3.63) is 58.9 Å². The molecular formula is C13H13FN2O. The Morgan fingerprint density at radius 3 is 2.41 bits per heavy atom. The molecule has 0 spiro atoms. The first kappa shape index (κ1) is 11.7. The Kier molecular flexibility index (Phi) is 3.15. The number of hydrogen-bond acceptors (Lipinski definition) is 3. The van der Waals surface area contributed by atoms with Crippen LogP contribution in [0.2, 0.25) is 0 Å². The van der Waals surface area contributed by atoms with E-state index in [4.69, 9.17) is 0 Å². The SMILES string of the molecule is Cc1cc(C)c(C(O)c2ncccn2)c(F)c1. The summed E-state index contributed by atoms with van der Waals surface area (Å²) in [5.41, 5.74) is 1.76. The third-order valence-electron chi connectivity index (χ3n) is 2.58. The lowest BCUT2D eigenvalue weighted by molar-refractivity contribution is 0.203. The van der Waals surface area contributed by atoms with Crippen LogP contribution in [0.25, 0.3) is 0 Å². The third-order valence-corrected chi connectivity index (χ3v) is 2.58. The molecule has 0 fully saturated rings. The Labute approximate surface area is 99.0 Å². The van der Waals surface area contributed by atoms with Crippen molar-refractivity contribution in [2.24, 2.45) is 0 Å². The van der Waals surface area contributed by atoms with Gasteiger partial charge in [-0.25, -0.2) is 14.4 Å². The lowest BCUT2D eigenvalue weighted by atomic mass is 10.00. The molecule has 0 saturated heterocycles. The van der Waals surface area contributed by atoms with E-state index in [1.165, 1.54) is 18.5 Å². The predicted molar refractivity (Wildman–Crippen MR) is 62.0 cm³/mol. The van der Waals surface area contributed by atoms with Crippen molar-refractivity contribution >= 4 is 0 Å². The van der Waals surface area contributed by atoms with Gasteiger partial charge in [0.05, 0.1) is 0 Å². The number of nitrogens with zero attached hydrogens (tertiary/aromatic N) is 2. The van der Waals surface area contributed by atoms with Gasteiger partial charge in [-0.15, -0.1) is 0 Å². The van der Waals surface area contributed by atoms with Gasteiger partial charge < -0.3 is 5.11 Å². The zero-order valence-corrected chi connectivity index (χ0v) is 9.68. The van der Waals surface area contributed by atoms with Gasteiger partial charge in [-0.3, -0.25) is 0 Å². The quantitative estimate of drug-likeness (QED) is 0.864. The van der Waals surface area contributed by atoms with Crippen molar-refractivity contribution < 1.29 is 9.50 Å². The zero-order valence-electron chi connectivity index (χ0n) is 9.68. The molecule has 2 rings (SSSR count). The van der Waals surface area contributed by atoms with Crippen LogP contribution in [0.3, 0.4) is 0 Å². The summed E-state index contributed by atoms with van der Waals surface area (Å²) >= 11 is 0. The fourth-order valence-electron chi connectivity index (χ4n) is 1.85. The Hall–Kier alpha value is -1.81. The third kappa shape index (κ3) is 2.31. The Balaban J connectivity index is 2.48. The lowest BCUT2D eigenvalue weighted by Crippen LogP contribution is -2.09. The molecule has 2 aromatic rings. The average Bonchev–Trinajstić information content (AvgIpc) is 2.28. The minimum Gasteiger partial charge on any atom is -0.380 e.